The Balaban J connectivity index is 1.69. The second-order valence-electron chi connectivity index (χ2n) is 6.79. The normalized spacial score (nSPS) is 34.2. The van der Waals surface area contributed by atoms with Gasteiger partial charge in [0.05, 0.1) is 0 Å². The lowest BCUT2D eigenvalue weighted by molar-refractivity contribution is 0.132. The van der Waals surface area contributed by atoms with E-state index in [1.165, 1.54) is 32.2 Å². The van der Waals surface area contributed by atoms with Crippen molar-refractivity contribution in [1.29, 1.82) is 0 Å². The second kappa shape index (κ2) is 6.36. The van der Waals surface area contributed by atoms with Crippen LogP contribution in [0.3, 0.4) is 0 Å². The third kappa shape index (κ3) is 3.25. The minimum Gasteiger partial charge on any atom is -0.330 e. The Labute approximate surface area is 112 Å². The number of nitrogens with zero attached hydrogens (tertiary/aromatic N) is 1. The number of fused-ring (bicyclic) bond motifs is 2. The Hall–Kier alpha value is -0.120. The molecular weight excluding hydrogens is 222 g/mol. The summed E-state index contributed by atoms with van der Waals surface area (Å²) in [4.78, 5) is 2.62. The Kier molecular flexibility index (Phi) is 5.05. The number of rotatable bonds is 6. The van der Waals surface area contributed by atoms with Gasteiger partial charge in [-0.25, -0.2) is 0 Å². The summed E-state index contributed by atoms with van der Waals surface area (Å²) in [6, 6.07) is 1.73. The van der Waals surface area contributed by atoms with Gasteiger partial charge >= 0.3 is 0 Å². The van der Waals surface area contributed by atoms with Crippen LogP contribution in [0.1, 0.15) is 39.5 Å². The standard InChI is InChI=1S/C15H31N3/c1-11(2)13(8-16)10-17-9-12-6-14-4-5-15(7-12)18(14)3/h11-15,17H,4-10,16H2,1-3H3. The lowest BCUT2D eigenvalue weighted by atomic mass is 9.90. The molecule has 2 saturated heterocycles. The zero-order valence-corrected chi connectivity index (χ0v) is 12.4. The quantitative estimate of drug-likeness (QED) is 0.757. The minimum atomic E-state index is 0.632. The fourth-order valence-corrected chi connectivity index (χ4v) is 3.75. The lowest BCUT2D eigenvalue weighted by Crippen LogP contribution is -2.43. The molecule has 0 radical (unpaired) electrons. The van der Waals surface area contributed by atoms with E-state index < -0.39 is 0 Å². The van der Waals surface area contributed by atoms with Crippen LogP contribution < -0.4 is 11.1 Å². The van der Waals surface area contributed by atoms with Gasteiger partial charge in [-0.3, -0.25) is 0 Å². The highest BCUT2D eigenvalue weighted by atomic mass is 15.2. The lowest BCUT2D eigenvalue weighted by Gasteiger charge is -2.36. The predicted molar refractivity (Wildman–Crippen MR) is 77.5 cm³/mol. The van der Waals surface area contributed by atoms with Crippen molar-refractivity contribution in [3.05, 3.63) is 0 Å². The summed E-state index contributed by atoms with van der Waals surface area (Å²) in [5.74, 6) is 2.22. The highest BCUT2D eigenvalue weighted by molar-refractivity contribution is 4.93. The van der Waals surface area contributed by atoms with E-state index in [2.05, 4.69) is 31.1 Å². The van der Waals surface area contributed by atoms with Crippen LogP contribution in [0.15, 0.2) is 0 Å². The van der Waals surface area contributed by atoms with E-state index in [0.717, 1.165) is 31.1 Å². The van der Waals surface area contributed by atoms with Gasteiger partial charge in [0.1, 0.15) is 0 Å². The van der Waals surface area contributed by atoms with E-state index in [-0.39, 0.29) is 0 Å². The fourth-order valence-electron chi connectivity index (χ4n) is 3.75. The van der Waals surface area contributed by atoms with Crippen molar-refractivity contribution < 1.29 is 0 Å². The van der Waals surface area contributed by atoms with Crippen LogP contribution in [0.2, 0.25) is 0 Å². The van der Waals surface area contributed by atoms with Crippen molar-refractivity contribution in [2.75, 3.05) is 26.7 Å². The first kappa shape index (κ1) is 14.3. The summed E-state index contributed by atoms with van der Waals surface area (Å²) in [7, 11) is 2.31. The van der Waals surface area contributed by atoms with Gasteiger partial charge in [-0.2, -0.15) is 0 Å². The van der Waals surface area contributed by atoms with Crippen molar-refractivity contribution >= 4 is 0 Å². The molecule has 3 nitrogen and oxygen atoms in total. The molecule has 3 heteroatoms. The first-order valence-corrected chi connectivity index (χ1v) is 7.74. The smallest absolute Gasteiger partial charge is 0.00988 e. The minimum absolute atomic E-state index is 0.632. The number of hydrogen-bond acceptors (Lipinski definition) is 3. The molecule has 2 heterocycles. The fraction of sp³-hybridized carbons (Fsp3) is 1.00. The van der Waals surface area contributed by atoms with E-state index in [1.807, 2.05) is 0 Å². The van der Waals surface area contributed by atoms with Crippen molar-refractivity contribution in [3.63, 3.8) is 0 Å². The van der Waals surface area contributed by atoms with E-state index in [0.29, 0.717) is 11.8 Å². The van der Waals surface area contributed by atoms with Crippen molar-refractivity contribution in [1.82, 2.24) is 10.2 Å². The van der Waals surface area contributed by atoms with E-state index in [4.69, 9.17) is 5.73 Å². The van der Waals surface area contributed by atoms with Gasteiger partial charge < -0.3 is 16.0 Å². The Bertz CT molecular complexity index is 240. The van der Waals surface area contributed by atoms with Crippen LogP contribution >= 0.6 is 0 Å². The molecule has 2 rings (SSSR count). The monoisotopic (exact) mass is 253 g/mol. The number of nitrogens with one attached hydrogen (secondary N) is 1. The van der Waals surface area contributed by atoms with Gasteiger partial charge in [0.15, 0.2) is 0 Å². The maximum Gasteiger partial charge on any atom is 0.00988 e. The molecular formula is C15H31N3. The van der Waals surface area contributed by atoms with E-state index >= 15 is 0 Å². The molecule has 0 aromatic heterocycles. The van der Waals surface area contributed by atoms with Crippen molar-refractivity contribution in [3.8, 4) is 0 Å². The molecule has 2 fully saturated rings. The molecule has 2 aliphatic heterocycles. The summed E-state index contributed by atoms with van der Waals surface area (Å²) in [6.45, 7) is 7.65. The summed E-state index contributed by atoms with van der Waals surface area (Å²) in [6.07, 6.45) is 5.65. The average Bonchev–Trinajstić information content (AvgIpc) is 2.57. The molecule has 0 amide bonds. The van der Waals surface area contributed by atoms with Crippen LogP contribution in [-0.2, 0) is 0 Å². The van der Waals surface area contributed by atoms with Gasteiger partial charge in [0, 0.05) is 12.1 Å². The second-order valence-corrected chi connectivity index (χ2v) is 6.79. The van der Waals surface area contributed by atoms with Gasteiger partial charge in [0.25, 0.3) is 0 Å². The van der Waals surface area contributed by atoms with E-state index in [9.17, 15) is 0 Å². The Morgan fingerprint density at radius 1 is 1.22 bits per heavy atom. The number of hydrogen-bond donors (Lipinski definition) is 2. The molecule has 106 valence electrons. The molecule has 0 spiro atoms. The molecule has 0 saturated carbocycles. The Morgan fingerprint density at radius 2 is 1.83 bits per heavy atom. The summed E-state index contributed by atoms with van der Waals surface area (Å²) in [5.41, 5.74) is 5.82. The molecule has 0 aromatic carbocycles. The van der Waals surface area contributed by atoms with Crippen LogP contribution in [0.5, 0.6) is 0 Å². The van der Waals surface area contributed by atoms with Crippen molar-refractivity contribution in [2.24, 2.45) is 23.5 Å². The Morgan fingerprint density at radius 3 is 2.33 bits per heavy atom. The van der Waals surface area contributed by atoms with Gasteiger partial charge in [0.2, 0.25) is 0 Å². The van der Waals surface area contributed by atoms with Crippen LogP contribution in [-0.4, -0.2) is 43.7 Å². The molecule has 3 atom stereocenters. The first-order chi connectivity index (χ1) is 8.61. The van der Waals surface area contributed by atoms with Crippen molar-refractivity contribution in [2.45, 2.75) is 51.6 Å². The molecule has 0 aromatic rings. The maximum absolute atomic E-state index is 5.82. The third-order valence-electron chi connectivity index (χ3n) is 5.28. The summed E-state index contributed by atoms with van der Waals surface area (Å²) in [5, 5.41) is 3.67. The topological polar surface area (TPSA) is 41.3 Å². The largest absolute Gasteiger partial charge is 0.330 e. The van der Waals surface area contributed by atoms with Gasteiger partial charge in [-0.15, -0.1) is 0 Å². The number of piperidine rings is 1. The van der Waals surface area contributed by atoms with E-state index in [1.54, 1.807) is 0 Å². The highest BCUT2D eigenvalue weighted by Gasteiger charge is 2.37. The molecule has 0 aliphatic carbocycles. The van der Waals surface area contributed by atoms with Gasteiger partial charge in [-0.05, 0) is 70.1 Å². The first-order valence-electron chi connectivity index (χ1n) is 7.74. The molecule has 2 aliphatic rings. The summed E-state index contributed by atoms with van der Waals surface area (Å²) < 4.78 is 0. The predicted octanol–water partition coefficient (Wildman–Crippen LogP) is 1.68. The number of nitrogens with two attached hydrogens (primary N) is 1. The summed E-state index contributed by atoms with van der Waals surface area (Å²) >= 11 is 0. The van der Waals surface area contributed by atoms with Crippen LogP contribution in [0.25, 0.3) is 0 Å². The third-order valence-corrected chi connectivity index (χ3v) is 5.28. The maximum atomic E-state index is 5.82. The SMILES string of the molecule is CC(C)C(CN)CNCC1CC2CCC(C1)N2C. The average molecular weight is 253 g/mol. The van der Waals surface area contributed by atoms with Crippen LogP contribution in [0, 0.1) is 17.8 Å². The van der Waals surface area contributed by atoms with Gasteiger partial charge in [-0.1, -0.05) is 13.8 Å². The zero-order chi connectivity index (χ0) is 13.1. The highest BCUT2D eigenvalue weighted by Crippen LogP contribution is 2.36. The zero-order valence-electron chi connectivity index (χ0n) is 12.4. The molecule has 3 unspecified atom stereocenters. The van der Waals surface area contributed by atoms with Crippen LogP contribution in [0.4, 0.5) is 0 Å². The molecule has 3 N–H and O–H groups in total. The molecule has 18 heavy (non-hydrogen) atoms. The molecule has 2 bridgehead atoms.